The molecule has 2 unspecified atom stereocenters. The van der Waals surface area contributed by atoms with Gasteiger partial charge < -0.3 is 14.6 Å². The lowest BCUT2D eigenvalue weighted by atomic mass is 9.82. The molecule has 1 N–H and O–H groups in total. The van der Waals surface area contributed by atoms with Gasteiger partial charge in [-0.1, -0.05) is 27.7 Å². The van der Waals surface area contributed by atoms with Crippen LogP contribution in [0.4, 0.5) is 0 Å². The van der Waals surface area contributed by atoms with E-state index in [2.05, 4.69) is 0 Å². The number of carbonyl (C=O) groups is 1. The first-order valence-corrected chi connectivity index (χ1v) is 5.25. The molecule has 0 saturated carbocycles. The molecule has 4 heteroatoms. The summed E-state index contributed by atoms with van der Waals surface area (Å²) in [6, 6.07) is 0. The summed E-state index contributed by atoms with van der Waals surface area (Å²) in [5.74, 6) is -0.507. The van der Waals surface area contributed by atoms with Gasteiger partial charge in [0, 0.05) is 6.61 Å². The van der Waals surface area contributed by atoms with Gasteiger partial charge in [-0.3, -0.25) is 4.79 Å². The number of rotatable bonds is 5. The van der Waals surface area contributed by atoms with E-state index in [4.69, 9.17) is 9.47 Å². The highest BCUT2D eigenvalue weighted by Crippen LogP contribution is 2.26. The Morgan fingerprint density at radius 3 is 2.33 bits per heavy atom. The molecule has 0 aromatic heterocycles. The topological polar surface area (TPSA) is 55.8 Å². The van der Waals surface area contributed by atoms with Crippen LogP contribution >= 0.6 is 0 Å². The fourth-order valence-corrected chi connectivity index (χ4v) is 0.872. The first kappa shape index (κ1) is 14.4. The van der Waals surface area contributed by atoms with Crippen molar-refractivity contribution < 1.29 is 19.4 Å². The zero-order valence-corrected chi connectivity index (χ0v) is 10.2. The number of aliphatic hydroxyl groups is 1. The van der Waals surface area contributed by atoms with E-state index in [0.29, 0.717) is 6.61 Å². The van der Waals surface area contributed by atoms with Gasteiger partial charge >= 0.3 is 5.97 Å². The summed E-state index contributed by atoms with van der Waals surface area (Å²) >= 11 is 0. The molecule has 2 atom stereocenters. The van der Waals surface area contributed by atoms with Gasteiger partial charge in [-0.15, -0.1) is 0 Å². The van der Waals surface area contributed by atoms with E-state index in [-0.39, 0.29) is 23.9 Å². The number of aliphatic hydroxyl groups excluding tert-OH is 1. The molecule has 0 aliphatic rings. The van der Waals surface area contributed by atoms with Crippen molar-refractivity contribution in [1.82, 2.24) is 0 Å². The number of hydrogen-bond acceptors (Lipinski definition) is 4. The summed E-state index contributed by atoms with van der Waals surface area (Å²) in [6.07, 6.45) is -1.02. The molecule has 0 spiro atoms. The number of carbonyl (C=O) groups excluding carboxylic acids is 1. The van der Waals surface area contributed by atoms with Crippen LogP contribution in [-0.2, 0) is 14.3 Å². The summed E-state index contributed by atoms with van der Waals surface area (Å²) in [5.41, 5.74) is -0.131. The molecular weight excluding hydrogens is 196 g/mol. The predicted octanol–water partition coefficient (Wildman–Crippen LogP) is 1.57. The van der Waals surface area contributed by atoms with E-state index in [0.717, 1.165) is 0 Å². The average molecular weight is 218 g/mol. The highest BCUT2D eigenvalue weighted by molar-refractivity contribution is 5.72. The third-order valence-electron chi connectivity index (χ3n) is 2.38. The zero-order valence-electron chi connectivity index (χ0n) is 10.2. The monoisotopic (exact) mass is 218 g/mol. The van der Waals surface area contributed by atoms with Crippen molar-refractivity contribution in [3.05, 3.63) is 0 Å². The quantitative estimate of drug-likeness (QED) is 0.562. The largest absolute Gasteiger partial charge is 0.460 e. The summed E-state index contributed by atoms with van der Waals surface area (Å²) in [5, 5.41) is 9.18. The molecule has 90 valence electrons. The van der Waals surface area contributed by atoms with Crippen LogP contribution in [0.2, 0.25) is 0 Å². The average Bonchev–Trinajstić information content (AvgIpc) is 2.12. The lowest BCUT2D eigenvalue weighted by molar-refractivity contribution is -0.171. The molecule has 0 aromatic rings. The van der Waals surface area contributed by atoms with Gasteiger partial charge in [0.2, 0.25) is 0 Å². The second-order valence-electron chi connectivity index (χ2n) is 4.63. The van der Waals surface area contributed by atoms with Crippen molar-refractivity contribution in [2.75, 3.05) is 13.2 Å². The molecule has 15 heavy (non-hydrogen) atoms. The highest BCUT2D eigenvalue weighted by Gasteiger charge is 2.28. The van der Waals surface area contributed by atoms with E-state index in [1.807, 2.05) is 27.7 Å². The van der Waals surface area contributed by atoms with Crippen LogP contribution in [0.1, 0.15) is 34.6 Å². The van der Waals surface area contributed by atoms with Crippen molar-refractivity contribution in [1.29, 1.82) is 0 Å². The van der Waals surface area contributed by atoms with Crippen LogP contribution in [0.5, 0.6) is 0 Å². The minimum absolute atomic E-state index is 0.104. The minimum atomic E-state index is -1.02. The molecule has 0 amide bonds. The Kier molecular flexibility index (Phi) is 5.83. The molecule has 4 nitrogen and oxygen atoms in total. The van der Waals surface area contributed by atoms with Crippen LogP contribution in [0.3, 0.4) is 0 Å². The third-order valence-corrected chi connectivity index (χ3v) is 2.38. The minimum Gasteiger partial charge on any atom is -0.460 e. The second kappa shape index (κ2) is 6.08. The smallest absolute Gasteiger partial charge is 0.309 e. The normalized spacial score (nSPS) is 15.9. The van der Waals surface area contributed by atoms with Gasteiger partial charge in [0.1, 0.15) is 6.61 Å². The van der Waals surface area contributed by atoms with Crippen LogP contribution < -0.4 is 0 Å². The van der Waals surface area contributed by atoms with E-state index >= 15 is 0 Å². The number of ether oxygens (including phenoxy) is 2. The Bertz CT molecular complexity index is 195. The molecule has 0 aromatic carbocycles. The molecule has 0 heterocycles. The Labute approximate surface area is 91.6 Å². The Hall–Kier alpha value is -0.610. The van der Waals surface area contributed by atoms with E-state index < -0.39 is 6.29 Å². The van der Waals surface area contributed by atoms with Crippen molar-refractivity contribution in [3.63, 3.8) is 0 Å². The summed E-state index contributed by atoms with van der Waals surface area (Å²) in [7, 11) is 0. The van der Waals surface area contributed by atoms with Crippen LogP contribution in [0.15, 0.2) is 0 Å². The van der Waals surface area contributed by atoms with Gasteiger partial charge in [-0.25, -0.2) is 0 Å². The number of esters is 1. The fourth-order valence-electron chi connectivity index (χ4n) is 0.872. The lowest BCUT2D eigenvalue weighted by Gasteiger charge is -2.25. The van der Waals surface area contributed by atoms with Gasteiger partial charge in [-0.05, 0) is 12.3 Å². The van der Waals surface area contributed by atoms with Crippen molar-refractivity contribution in [2.45, 2.75) is 40.9 Å². The summed E-state index contributed by atoms with van der Waals surface area (Å²) in [4.78, 5) is 11.5. The van der Waals surface area contributed by atoms with Crippen LogP contribution in [0, 0.1) is 11.3 Å². The van der Waals surface area contributed by atoms with Crippen LogP contribution in [0.25, 0.3) is 0 Å². The predicted molar refractivity (Wildman–Crippen MR) is 57.2 cm³/mol. The maximum absolute atomic E-state index is 11.5. The standard InChI is InChI=1S/C11H22O4/c1-6-14-9(12)7-15-10(13)8(2)11(3,4)5/h8-9,12H,6-7H2,1-5H3. The molecule has 0 saturated heterocycles. The fraction of sp³-hybridized carbons (Fsp3) is 0.909. The molecule has 0 aliphatic heterocycles. The molecule has 0 fully saturated rings. The molecule has 0 aliphatic carbocycles. The van der Waals surface area contributed by atoms with Crippen molar-refractivity contribution in [2.24, 2.45) is 11.3 Å². The number of hydrogen-bond donors (Lipinski definition) is 1. The van der Waals surface area contributed by atoms with Gasteiger partial charge in [-0.2, -0.15) is 0 Å². The van der Waals surface area contributed by atoms with Crippen molar-refractivity contribution >= 4 is 5.97 Å². The SMILES string of the molecule is CCOC(O)COC(=O)C(C)C(C)(C)C. The van der Waals surface area contributed by atoms with Crippen LogP contribution in [-0.4, -0.2) is 30.6 Å². The highest BCUT2D eigenvalue weighted by atomic mass is 16.6. The summed E-state index contributed by atoms with van der Waals surface area (Å²) < 4.78 is 9.77. The Balaban J connectivity index is 3.94. The van der Waals surface area contributed by atoms with E-state index in [9.17, 15) is 9.90 Å². The maximum atomic E-state index is 11.5. The molecule has 0 rings (SSSR count). The molecule has 0 radical (unpaired) electrons. The molecular formula is C11H22O4. The Morgan fingerprint density at radius 2 is 1.93 bits per heavy atom. The lowest BCUT2D eigenvalue weighted by Crippen LogP contribution is -2.30. The first-order chi connectivity index (χ1) is 6.79. The van der Waals surface area contributed by atoms with Gasteiger partial charge in [0.25, 0.3) is 0 Å². The van der Waals surface area contributed by atoms with Crippen molar-refractivity contribution in [3.8, 4) is 0 Å². The Morgan fingerprint density at radius 1 is 1.40 bits per heavy atom. The maximum Gasteiger partial charge on any atom is 0.309 e. The third kappa shape index (κ3) is 5.74. The van der Waals surface area contributed by atoms with E-state index in [1.54, 1.807) is 6.92 Å². The van der Waals surface area contributed by atoms with E-state index in [1.165, 1.54) is 0 Å². The molecule has 0 bridgehead atoms. The second-order valence-corrected chi connectivity index (χ2v) is 4.63. The summed E-state index contributed by atoms with van der Waals surface area (Å²) in [6.45, 7) is 9.78. The zero-order chi connectivity index (χ0) is 12.1. The van der Waals surface area contributed by atoms with Gasteiger partial charge in [0.05, 0.1) is 5.92 Å². The first-order valence-electron chi connectivity index (χ1n) is 5.25. The van der Waals surface area contributed by atoms with Gasteiger partial charge in [0.15, 0.2) is 6.29 Å².